The molecule has 2 aliphatic rings. The van der Waals surface area contributed by atoms with E-state index in [4.69, 9.17) is 14.2 Å². The molecule has 0 unspecified atom stereocenters. The van der Waals surface area contributed by atoms with Crippen LogP contribution in [0.5, 0.6) is 23.0 Å². The van der Waals surface area contributed by atoms with Crippen molar-refractivity contribution in [3.05, 3.63) is 84.0 Å². The second-order valence-corrected chi connectivity index (χ2v) is 11.9. The molecule has 1 saturated heterocycles. The number of rotatable bonds is 10. The first-order valence-corrected chi connectivity index (χ1v) is 15.9. The summed E-state index contributed by atoms with van der Waals surface area (Å²) in [5.41, 5.74) is 1.50. The standard InChI is InChI=1S/C34H32N6O5S/c1-43-27-20-22(10-15-26(27)44-19-18-39-16-6-3-7-17-39)37-32(41)30-29-28-31(35-21-36-33(28)46-30)40(34(42)38-29)23-11-13-25(14-12-23)45-24-8-4-2-5-9-24/h2,4-5,8-15,20-21H,3,6-7,16-19H2,1H3,(H,37,41)(H,38,42). The summed E-state index contributed by atoms with van der Waals surface area (Å²) in [5.74, 6) is 2.48. The lowest BCUT2D eigenvalue weighted by Gasteiger charge is -2.27. The van der Waals surface area contributed by atoms with Crippen molar-refractivity contribution in [1.82, 2.24) is 14.9 Å². The first-order chi connectivity index (χ1) is 22.6. The van der Waals surface area contributed by atoms with E-state index in [2.05, 4.69) is 25.5 Å². The molecule has 0 aliphatic carbocycles. The number of nitrogens with zero attached hydrogens (tertiary/aromatic N) is 4. The summed E-state index contributed by atoms with van der Waals surface area (Å²) >= 11 is 1.19. The minimum absolute atomic E-state index is 0.317. The first kappa shape index (κ1) is 29.5. The van der Waals surface area contributed by atoms with Crippen molar-refractivity contribution in [3.8, 4) is 23.0 Å². The van der Waals surface area contributed by atoms with Crippen LogP contribution in [0.25, 0.3) is 10.2 Å². The number of nitrogens with one attached hydrogen (secondary N) is 2. The van der Waals surface area contributed by atoms with Gasteiger partial charge in [-0.15, -0.1) is 11.3 Å². The molecule has 0 spiro atoms. The van der Waals surface area contributed by atoms with Gasteiger partial charge in [-0.25, -0.2) is 19.7 Å². The van der Waals surface area contributed by atoms with Crippen LogP contribution in [-0.4, -0.2) is 60.2 Å². The van der Waals surface area contributed by atoms with Crippen LogP contribution in [0.4, 0.5) is 27.7 Å². The fourth-order valence-electron chi connectivity index (χ4n) is 5.67. The van der Waals surface area contributed by atoms with Crippen molar-refractivity contribution in [3.63, 3.8) is 0 Å². The Morgan fingerprint density at radius 3 is 2.52 bits per heavy atom. The number of para-hydroxylation sites is 1. The van der Waals surface area contributed by atoms with Gasteiger partial charge in [-0.2, -0.15) is 0 Å². The minimum Gasteiger partial charge on any atom is -0.493 e. The first-order valence-electron chi connectivity index (χ1n) is 15.1. The Bertz CT molecular complexity index is 1880. The average molecular weight is 637 g/mol. The number of carbonyl (C=O) groups excluding carboxylic acids is 2. The van der Waals surface area contributed by atoms with E-state index in [0.717, 1.165) is 19.6 Å². The minimum atomic E-state index is -0.440. The summed E-state index contributed by atoms with van der Waals surface area (Å²) in [7, 11) is 1.57. The maximum atomic E-state index is 13.6. The van der Waals surface area contributed by atoms with Gasteiger partial charge in [0.05, 0.1) is 23.9 Å². The quantitative estimate of drug-likeness (QED) is 0.164. The molecular weight excluding hydrogens is 604 g/mol. The van der Waals surface area contributed by atoms with Gasteiger partial charge in [-0.3, -0.25) is 9.69 Å². The number of hydrogen-bond acceptors (Lipinski definition) is 9. The van der Waals surface area contributed by atoms with Crippen molar-refractivity contribution in [2.24, 2.45) is 0 Å². The maximum absolute atomic E-state index is 13.6. The SMILES string of the molecule is COc1cc(NC(=O)c2sc3ncnc4c3c2NC(=O)N4c2ccc(Oc3ccccc3)cc2)ccc1OCCN1CCCCC1. The third-order valence-corrected chi connectivity index (χ3v) is 9.03. The van der Waals surface area contributed by atoms with E-state index in [1.165, 1.54) is 41.8 Å². The molecular formula is C34H32N6O5S. The van der Waals surface area contributed by atoms with Crippen LogP contribution in [0.15, 0.2) is 79.1 Å². The lowest BCUT2D eigenvalue weighted by molar-refractivity contribution is 0.103. The molecule has 2 aliphatic heterocycles. The monoisotopic (exact) mass is 636 g/mol. The van der Waals surface area contributed by atoms with Gasteiger partial charge in [0.1, 0.15) is 34.1 Å². The highest BCUT2D eigenvalue weighted by molar-refractivity contribution is 7.21. The number of anilines is 4. The second kappa shape index (κ2) is 13.0. The molecule has 12 heteroatoms. The van der Waals surface area contributed by atoms with Crippen molar-refractivity contribution in [2.45, 2.75) is 19.3 Å². The Kier molecular flexibility index (Phi) is 8.36. The molecule has 5 aromatic rings. The summed E-state index contributed by atoms with van der Waals surface area (Å²) in [5, 5.41) is 6.43. The van der Waals surface area contributed by atoms with Crippen molar-refractivity contribution in [2.75, 3.05) is 48.9 Å². The molecule has 11 nitrogen and oxygen atoms in total. The number of ether oxygens (including phenoxy) is 3. The van der Waals surface area contributed by atoms with Gasteiger partial charge < -0.3 is 24.8 Å². The maximum Gasteiger partial charge on any atom is 0.332 e. The summed E-state index contributed by atoms with van der Waals surface area (Å²) in [6.45, 7) is 3.63. The van der Waals surface area contributed by atoms with Crippen LogP contribution in [-0.2, 0) is 0 Å². The molecule has 1 fully saturated rings. The van der Waals surface area contributed by atoms with Gasteiger partial charge in [-0.1, -0.05) is 24.6 Å². The van der Waals surface area contributed by atoms with Crippen molar-refractivity contribution >= 4 is 56.4 Å². The molecule has 4 heterocycles. The summed E-state index contributed by atoms with van der Waals surface area (Å²) in [6.07, 6.45) is 5.15. The van der Waals surface area contributed by atoms with Crippen LogP contribution in [0.1, 0.15) is 28.9 Å². The van der Waals surface area contributed by atoms with Gasteiger partial charge in [0.25, 0.3) is 5.91 Å². The van der Waals surface area contributed by atoms with E-state index in [0.29, 0.717) is 67.6 Å². The highest BCUT2D eigenvalue weighted by atomic mass is 32.1. The van der Waals surface area contributed by atoms with Crippen LogP contribution >= 0.6 is 11.3 Å². The second-order valence-electron chi connectivity index (χ2n) is 10.9. The highest BCUT2D eigenvalue weighted by Crippen LogP contribution is 2.45. The zero-order valence-corrected chi connectivity index (χ0v) is 26.0. The largest absolute Gasteiger partial charge is 0.493 e. The van der Waals surface area contributed by atoms with Gasteiger partial charge in [0, 0.05) is 18.3 Å². The summed E-state index contributed by atoms with van der Waals surface area (Å²) in [6, 6.07) is 21.4. The number of benzene rings is 3. The fraction of sp³-hybridized carbons (Fsp3) is 0.235. The Hall–Kier alpha value is -5.20. The summed E-state index contributed by atoms with van der Waals surface area (Å²) < 4.78 is 17.5. The lowest BCUT2D eigenvalue weighted by Crippen LogP contribution is -2.35. The molecule has 0 bridgehead atoms. The average Bonchev–Trinajstić information content (AvgIpc) is 3.46. The number of piperidine rings is 1. The smallest absolute Gasteiger partial charge is 0.332 e. The van der Waals surface area contributed by atoms with E-state index < -0.39 is 6.03 Å². The number of carbonyl (C=O) groups is 2. The molecule has 3 amide bonds. The molecule has 7 rings (SSSR count). The Morgan fingerprint density at radius 2 is 1.74 bits per heavy atom. The normalized spacial score (nSPS) is 14.5. The molecule has 3 aromatic carbocycles. The van der Waals surface area contributed by atoms with E-state index in [-0.39, 0.29) is 5.91 Å². The van der Waals surface area contributed by atoms with Crippen LogP contribution in [0.3, 0.4) is 0 Å². The van der Waals surface area contributed by atoms with Gasteiger partial charge in [0.2, 0.25) is 0 Å². The number of likely N-dealkylation sites (tertiary alicyclic amines) is 1. The lowest BCUT2D eigenvalue weighted by atomic mass is 10.1. The Labute approximate surface area is 269 Å². The topological polar surface area (TPSA) is 118 Å². The Morgan fingerprint density at radius 1 is 0.957 bits per heavy atom. The third kappa shape index (κ3) is 6.04. The molecule has 234 valence electrons. The third-order valence-electron chi connectivity index (χ3n) is 7.93. The van der Waals surface area contributed by atoms with Gasteiger partial charge in [-0.05, 0) is 74.5 Å². The fourth-order valence-corrected chi connectivity index (χ4v) is 6.66. The number of urea groups is 1. The number of hydrogen-bond donors (Lipinski definition) is 2. The van der Waals surface area contributed by atoms with Crippen molar-refractivity contribution < 1.29 is 23.8 Å². The molecule has 0 atom stereocenters. The van der Waals surface area contributed by atoms with Crippen LogP contribution in [0.2, 0.25) is 0 Å². The molecule has 0 saturated carbocycles. The predicted octanol–water partition coefficient (Wildman–Crippen LogP) is 7.29. The number of amides is 3. The Balaban J connectivity index is 1.08. The molecule has 0 radical (unpaired) electrons. The van der Waals surface area contributed by atoms with E-state index in [1.807, 2.05) is 30.3 Å². The van der Waals surface area contributed by atoms with Crippen molar-refractivity contribution in [1.29, 1.82) is 0 Å². The number of methoxy groups -OCH3 is 1. The molecule has 2 N–H and O–H groups in total. The van der Waals surface area contributed by atoms with Crippen LogP contribution in [0, 0.1) is 0 Å². The zero-order chi connectivity index (χ0) is 31.5. The summed E-state index contributed by atoms with van der Waals surface area (Å²) in [4.78, 5) is 40.7. The van der Waals surface area contributed by atoms with Gasteiger partial charge in [0.15, 0.2) is 17.3 Å². The predicted molar refractivity (Wildman–Crippen MR) is 178 cm³/mol. The molecule has 2 aromatic heterocycles. The highest BCUT2D eigenvalue weighted by Gasteiger charge is 2.34. The van der Waals surface area contributed by atoms with Crippen LogP contribution < -0.4 is 29.7 Å². The number of aromatic nitrogens is 2. The molecule has 46 heavy (non-hydrogen) atoms. The van der Waals surface area contributed by atoms with E-state index >= 15 is 0 Å². The van der Waals surface area contributed by atoms with E-state index in [1.54, 1.807) is 49.6 Å². The zero-order valence-electron chi connectivity index (χ0n) is 25.2. The number of thiophene rings is 1. The van der Waals surface area contributed by atoms with E-state index in [9.17, 15) is 9.59 Å². The van der Waals surface area contributed by atoms with Gasteiger partial charge >= 0.3 is 6.03 Å².